The summed E-state index contributed by atoms with van der Waals surface area (Å²) in [7, 11) is 3.07. The number of anilines is 1. The van der Waals surface area contributed by atoms with Crippen LogP contribution in [0.2, 0.25) is 0 Å². The minimum atomic E-state index is -0.596. The number of hydrogen-bond acceptors (Lipinski definition) is 6. The van der Waals surface area contributed by atoms with Crippen LogP contribution >= 0.6 is 12.2 Å². The summed E-state index contributed by atoms with van der Waals surface area (Å²) < 4.78 is 31.3. The lowest BCUT2D eigenvalue weighted by Gasteiger charge is -2.14. The lowest BCUT2D eigenvalue weighted by molar-refractivity contribution is -0.119. The van der Waals surface area contributed by atoms with Crippen LogP contribution in [0.15, 0.2) is 42.6 Å². The average Bonchev–Trinajstić information content (AvgIpc) is 2.79. The maximum atomic E-state index is 14.8. The molecule has 0 unspecified atom stereocenters. The van der Waals surface area contributed by atoms with Crippen molar-refractivity contribution in [2.24, 2.45) is 5.92 Å². The molecule has 0 aliphatic heterocycles. The number of nitrogens with zero attached hydrogens (tertiary/aromatic N) is 1. The van der Waals surface area contributed by atoms with Crippen LogP contribution in [0.3, 0.4) is 0 Å². The van der Waals surface area contributed by atoms with Crippen LogP contribution in [0, 0.1) is 11.7 Å². The van der Waals surface area contributed by atoms with E-state index < -0.39 is 5.82 Å². The second kappa shape index (κ2) is 11.6. The smallest absolute Gasteiger partial charge is 0.226 e. The van der Waals surface area contributed by atoms with E-state index in [0.29, 0.717) is 46.2 Å². The Morgan fingerprint density at radius 2 is 1.79 bits per heavy atom. The maximum absolute atomic E-state index is 14.8. The van der Waals surface area contributed by atoms with Gasteiger partial charge in [0.2, 0.25) is 5.91 Å². The topological polar surface area (TPSA) is 81.7 Å². The van der Waals surface area contributed by atoms with E-state index >= 15 is 0 Å². The first-order valence-electron chi connectivity index (χ1n) is 10.9. The normalized spacial score (nSPS) is 10.8. The summed E-state index contributed by atoms with van der Waals surface area (Å²) in [6, 6.07) is 9.44. The molecule has 0 aliphatic carbocycles. The molecule has 1 aromatic heterocycles. The average molecular weight is 486 g/mol. The van der Waals surface area contributed by atoms with E-state index in [1.54, 1.807) is 37.6 Å². The first kappa shape index (κ1) is 25.2. The fourth-order valence-corrected chi connectivity index (χ4v) is 3.57. The largest absolute Gasteiger partial charge is 0.493 e. The first-order chi connectivity index (χ1) is 16.3. The molecule has 0 fully saturated rings. The van der Waals surface area contributed by atoms with Gasteiger partial charge in [0.15, 0.2) is 28.2 Å². The SMILES string of the molecule is COc1cc2nccc(Oc3ccc(NC(=S)NC(=O)CCCC(C)C)cc3F)c2cc1OC. The summed E-state index contributed by atoms with van der Waals surface area (Å²) in [6.07, 6.45) is 3.71. The molecule has 34 heavy (non-hydrogen) atoms. The molecule has 1 amide bonds. The third-order valence-electron chi connectivity index (χ3n) is 5.05. The molecule has 1 heterocycles. The van der Waals surface area contributed by atoms with E-state index in [1.165, 1.54) is 19.2 Å². The van der Waals surface area contributed by atoms with Gasteiger partial charge >= 0.3 is 0 Å². The number of benzene rings is 2. The fourth-order valence-electron chi connectivity index (χ4n) is 3.34. The molecule has 0 aliphatic rings. The van der Waals surface area contributed by atoms with Crippen LogP contribution in [0.1, 0.15) is 33.1 Å². The predicted molar refractivity (Wildman–Crippen MR) is 134 cm³/mol. The fraction of sp³-hybridized carbons (Fsp3) is 0.320. The van der Waals surface area contributed by atoms with Crippen molar-refractivity contribution in [3.63, 3.8) is 0 Å². The zero-order valence-corrected chi connectivity index (χ0v) is 20.4. The van der Waals surface area contributed by atoms with Gasteiger partial charge in [0.1, 0.15) is 5.75 Å². The van der Waals surface area contributed by atoms with Crippen molar-refractivity contribution in [2.45, 2.75) is 33.1 Å². The number of carbonyl (C=O) groups is 1. The first-order valence-corrected chi connectivity index (χ1v) is 11.3. The van der Waals surface area contributed by atoms with E-state index in [1.807, 2.05) is 0 Å². The van der Waals surface area contributed by atoms with Crippen molar-refractivity contribution in [1.29, 1.82) is 0 Å². The molecule has 0 bridgehead atoms. The molecule has 0 atom stereocenters. The van der Waals surface area contributed by atoms with Gasteiger partial charge in [-0.1, -0.05) is 20.3 Å². The van der Waals surface area contributed by atoms with Gasteiger partial charge in [-0.25, -0.2) is 4.39 Å². The Balaban J connectivity index is 1.69. The van der Waals surface area contributed by atoms with Crippen LogP contribution in [0.25, 0.3) is 10.9 Å². The highest BCUT2D eigenvalue weighted by Crippen LogP contribution is 2.37. The summed E-state index contributed by atoms with van der Waals surface area (Å²) in [6.45, 7) is 4.22. The summed E-state index contributed by atoms with van der Waals surface area (Å²) in [5, 5.41) is 6.20. The summed E-state index contributed by atoms with van der Waals surface area (Å²) in [5.74, 6) is 1.25. The summed E-state index contributed by atoms with van der Waals surface area (Å²) >= 11 is 5.17. The number of rotatable bonds is 9. The monoisotopic (exact) mass is 485 g/mol. The molecule has 9 heteroatoms. The molecular formula is C25H28FN3O4S. The van der Waals surface area contributed by atoms with Crippen molar-refractivity contribution in [3.05, 3.63) is 48.4 Å². The second-order valence-electron chi connectivity index (χ2n) is 8.07. The number of carbonyl (C=O) groups excluding carboxylic acids is 1. The highest BCUT2D eigenvalue weighted by Gasteiger charge is 2.14. The number of pyridine rings is 1. The number of thiocarbonyl (C=S) groups is 1. The third kappa shape index (κ3) is 6.54. The summed E-state index contributed by atoms with van der Waals surface area (Å²) in [5.41, 5.74) is 1.01. The predicted octanol–water partition coefficient (Wildman–Crippen LogP) is 5.82. The Labute approximate surface area is 203 Å². The number of amides is 1. The Morgan fingerprint density at radius 1 is 1.06 bits per heavy atom. The van der Waals surface area contributed by atoms with E-state index in [0.717, 1.165) is 12.8 Å². The minimum Gasteiger partial charge on any atom is -0.493 e. The molecule has 2 N–H and O–H groups in total. The van der Waals surface area contributed by atoms with Crippen molar-refractivity contribution in [1.82, 2.24) is 10.3 Å². The highest BCUT2D eigenvalue weighted by atomic mass is 32.1. The quantitative estimate of drug-likeness (QED) is 0.370. The van der Waals surface area contributed by atoms with Crippen molar-refractivity contribution >= 4 is 39.8 Å². The van der Waals surface area contributed by atoms with Crippen LogP contribution in [0.5, 0.6) is 23.0 Å². The molecule has 3 rings (SSSR count). The van der Waals surface area contributed by atoms with Gasteiger partial charge in [-0.3, -0.25) is 9.78 Å². The Hall–Kier alpha value is -3.46. The molecule has 0 spiro atoms. The molecule has 2 aromatic carbocycles. The zero-order chi connectivity index (χ0) is 24.7. The van der Waals surface area contributed by atoms with Crippen LogP contribution < -0.4 is 24.8 Å². The van der Waals surface area contributed by atoms with Crippen LogP contribution in [0.4, 0.5) is 10.1 Å². The van der Waals surface area contributed by atoms with Gasteiger partial charge in [-0.15, -0.1) is 0 Å². The third-order valence-corrected chi connectivity index (χ3v) is 5.26. The van der Waals surface area contributed by atoms with Crippen LogP contribution in [-0.4, -0.2) is 30.2 Å². The lowest BCUT2D eigenvalue weighted by atomic mass is 10.1. The number of aromatic nitrogens is 1. The number of hydrogen-bond donors (Lipinski definition) is 2. The number of ether oxygens (including phenoxy) is 3. The Bertz CT molecular complexity index is 1190. The molecule has 180 valence electrons. The summed E-state index contributed by atoms with van der Waals surface area (Å²) in [4.78, 5) is 16.3. The molecule has 0 radical (unpaired) electrons. The van der Waals surface area contributed by atoms with Crippen molar-refractivity contribution < 1.29 is 23.4 Å². The van der Waals surface area contributed by atoms with Crippen molar-refractivity contribution in [3.8, 4) is 23.0 Å². The van der Waals surface area contributed by atoms with E-state index in [-0.39, 0.29) is 16.8 Å². The van der Waals surface area contributed by atoms with Crippen LogP contribution in [-0.2, 0) is 4.79 Å². The lowest BCUT2D eigenvalue weighted by Crippen LogP contribution is -2.33. The van der Waals surface area contributed by atoms with Gasteiger partial charge in [0, 0.05) is 35.8 Å². The van der Waals surface area contributed by atoms with E-state index in [2.05, 4.69) is 29.5 Å². The Kier molecular flexibility index (Phi) is 8.59. The number of halogens is 1. The van der Waals surface area contributed by atoms with E-state index in [4.69, 9.17) is 26.4 Å². The van der Waals surface area contributed by atoms with Gasteiger partial charge in [-0.2, -0.15) is 0 Å². The van der Waals surface area contributed by atoms with Gasteiger partial charge in [-0.05, 0) is 48.8 Å². The molecule has 0 saturated heterocycles. The van der Waals surface area contributed by atoms with E-state index in [9.17, 15) is 9.18 Å². The molecule has 3 aromatic rings. The van der Waals surface area contributed by atoms with Gasteiger partial charge in [0.05, 0.1) is 19.7 Å². The van der Waals surface area contributed by atoms with Gasteiger partial charge in [0.25, 0.3) is 0 Å². The standard InChI is InChI=1S/C25H28FN3O4S/c1-15(2)6-5-7-24(30)29-25(34)28-16-8-9-21(18(26)12-16)33-20-10-11-27-19-14-23(32-4)22(31-3)13-17(19)20/h8-15H,5-7H2,1-4H3,(H2,28,29,30,34). The highest BCUT2D eigenvalue weighted by molar-refractivity contribution is 7.80. The molecule has 0 saturated carbocycles. The molecular weight excluding hydrogens is 457 g/mol. The maximum Gasteiger partial charge on any atom is 0.226 e. The number of fused-ring (bicyclic) bond motifs is 1. The molecule has 7 nitrogen and oxygen atoms in total. The number of methoxy groups -OCH3 is 2. The number of nitrogens with one attached hydrogen (secondary N) is 2. The Morgan fingerprint density at radius 3 is 2.47 bits per heavy atom. The minimum absolute atomic E-state index is 0.0245. The zero-order valence-electron chi connectivity index (χ0n) is 19.6. The van der Waals surface area contributed by atoms with Crippen molar-refractivity contribution in [2.75, 3.05) is 19.5 Å². The second-order valence-corrected chi connectivity index (χ2v) is 8.48. The van der Waals surface area contributed by atoms with Gasteiger partial charge < -0.3 is 24.8 Å².